The number of carbonyl (C=O) groups is 2. The Labute approximate surface area is 164 Å². The molecule has 27 heavy (non-hydrogen) atoms. The van der Waals surface area contributed by atoms with Gasteiger partial charge in [-0.15, -0.1) is 0 Å². The van der Waals surface area contributed by atoms with Gasteiger partial charge in [0.1, 0.15) is 5.82 Å². The molecule has 2 aromatic carbocycles. The molecule has 1 saturated heterocycles. The SMILES string of the molecule is CC(C)(C)C(=O)N1C(=O)CCC1Cc1ccc(-c2cc(Cl)ccc2F)cc1. The summed E-state index contributed by atoms with van der Waals surface area (Å²) in [7, 11) is 0. The Hall–Kier alpha value is -2.20. The van der Waals surface area contributed by atoms with E-state index in [9.17, 15) is 14.0 Å². The Morgan fingerprint density at radius 1 is 1.19 bits per heavy atom. The zero-order chi connectivity index (χ0) is 19.8. The van der Waals surface area contributed by atoms with Crippen molar-refractivity contribution in [1.82, 2.24) is 4.90 Å². The first-order valence-corrected chi connectivity index (χ1v) is 9.45. The Bertz CT molecular complexity index is 871. The van der Waals surface area contributed by atoms with Crippen LogP contribution in [0, 0.1) is 11.2 Å². The summed E-state index contributed by atoms with van der Waals surface area (Å²) in [5.74, 6) is -0.555. The third-order valence-corrected chi connectivity index (χ3v) is 5.09. The second-order valence-electron chi connectivity index (χ2n) is 8.04. The summed E-state index contributed by atoms with van der Waals surface area (Å²) >= 11 is 5.97. The Morgan fingerprint density at radius 2 is 1.85 bits per heavy atom. The lowest BCUT2D eigenvalue weighted by molar-refractivity contribution is -0.149. The van der Waals surface area contributed by atoms with Crippen LogP contribution in [0.25, 0.3) is 11.1 Å². The summed E-state index contributed by atoms with van der Waals surface area (Å²) in [6.07, 6.45) is 1.68. The highest BCUT2D eigenvalue weighted by Gasteiger charge is 2.40. The molecule has 1 aliphatic rings. The largest absolute Gasteiger partial charge is 0.279 e. The fraction of sp³-hybridized carbons (Fsp3) is 0.364. The molecule has 1 aliphatic heterocycles. The number of amides is 2. The molecule has 0 N–H and O–H groups in total. The number of hydrogen-bond donors (Lipinski definition) is 0. The van der Waals surface area contributed by atoms with Gasteiger partial charge in [0.2, 0.25) is 11.8 Å². The third-order valence-electron chi connectivity index (χ3n) is 4.85. The first kappa shape index (κ1) is 19.6. The third kappa shape index (κ3) is 4.22. The molecule has 2 aromatic rings. The number of rotatable bonds is 3. The summed E-state index contributed by atoms with van der Waals surface area (Å²) in [6, 6.07) is 11.9. The first-order chi connectivity index (χ1) is 12.7. The molecule has 1 unspecified atom stereocenters. The highest BCUT2D eigenvalue weighted by molar-refractivity contribution is 6.30. The molecule has 3 nitrogen and oxygen atoms in total. The highest BCUT2D eigenvalue weighted by Crippen LogP contribution is 2.30. The lowest BCUT2D eigenvalue weighted by atomic mass is 9.93. The predicted octanol–water partition coefficient (Wildman–Crippen LogP) is 5.25. The molecular weight excluding hydrogens is 365 g/mol. The molecule has 0 saturated carbocycles. The van der Waals surface area contributed by atoms with E-state index in [2.05, 4.69) is 0 Å². The normalized spacial score (nSPS) is 17.4. The Kier molecular flexibility index (Phi) is 5.38. The molecule has 0 spiro atoms. The Morgan fingerprint density at radius 3 is 2.48 bits per heavy atom. The molecule has 0 bridgehead atoms. The fourth-order valence-corrected chi connectivity index (χ4v) is 3.56. The van der Waals surface area contributed by atoms with E-state index in [0.717, 1.165) is 11.1 Å². The van der Waals surface area contributed by atoms with Crippen LogP contribution in [0.5, 0.6) is 0 Å². The van der Waals surface area contributed by atoms with Crippen LogP contribution in [-0.4, -0.2) is 22.8 Å². The molecule has 5 heteroatoms. The summed E-state index contributed by atoms with van der Waals surface area (Å²) < 4.78 is 14.0. The summed E-state index contributed by atoms with van der Waals surface area (Å²) in [4.78, 5) is 26.3. The van der Waals surface area contributed by atoms with Crippen LogP contribution in [0.2, 0.25) is 5.02 Å². The van der Waals surface area contributed by atoms with Gasteiger partial charge in [0.25, 0.3) is 0 Å². The standard InChI is InChI=1S/C22H23ClFNO2/c1-22(2,3)21(27)25-17(9-11-20(25)26)12-14-4-6-15(7-5-14)18-13-16(23)8-10-19(18)24/h4-8,10,13,17H,9,11-12H2,1-3H3. The van der Waals surface area contributed by atoms with Crippen molar-refractivity contribution < 1.29 is 14.0 Å². The van der Waals surface area contributed by atoms with Crippen LogP contribution >= 0.6 is 11.6 Å². The minimum Gasteiger partial charge on any atom is -0.279 e. The zero-order valence-corrected chi connectivity index (χ0v) is 16.5. The number of benzene rings is 2. The van der Waals surface area contributed by atoms with Crippen molar-refractivity contribution in [1.29, 1.82) is 0 Å². The highest BCUT2D eigenvalue weighted by atomic mass is 35.5. The van der Waals surface area contributed by atoms with E-state index in [1.165, 1.54) is 17.0 Å². The average Bonchev–Trinajstić information content (AvgIpc) is 2.96. The number of carbonyl (C=O) groups excluding carboxylic acids is 2. The molecule has 3 rings (SSSR count). The van der Waals surface area contributed by atoms with E-state index >= 15 is 0 Å². The number of imide groups is 1. The summed E-state index contributed by atoms with van der Waals surface area (Å²) in [5.41, 5.74) is 1.61. The summed E-state index contributed by atoms with van der Waals surface area (Å²) in [5, 5.41) is 0.483. The zero-order valence-electron chi connectivity index (χ0n) is 15.8. The van der Waals surface area contributed by atoms with Gasteiger partial charge in [-0.1, -0.05) is 56.6 Å². The lowest BCUT2D eigenvalue weighted by Crippen LogP contribution is -2.45. The van der Waals surface area contributed by atoms with Gasteiger partial charge < -0.3 is 0 Å². The van der Waals surface area contributed by atoms with Crippen molar-refractivity contribution in [3.05, 3.63) is 58.9 Å². The van der Waals surface area contributed by atoms with E-state index in [1.54, 1.807) is 6.07 Å². The van der Waals surface area contributed by atoms with Crippen molar-refractivity contribution >= 4 is 23.4 Å². The molecule has 1 fully saturated rings. The van der Waals surface area contributed by atoms with E-state index in [-0.39, 0.29) is 23.7 Å². The van der Waals surface area contributed by atoms with Crippen LogP contribution in [0.1, 0.15) is 39.2 Å². The number of likely N-dealkylation sites (tertiary alicyclic amines) is 1. The monoisotopic (exact) mass is 387 g/mol. The maximum Gasteiger partial charge on any atom is 0.234 e. The van der Waals surface area contributed by atoms with E-state index in [0.29, 0.717) is 29.8 Å². The van der Waals surface area contributed by atoms with E-state index in [4.69, 9.17) is 11.6 Å². The van der Waals surface area contributed by atoms with E-state index < -0.39 is 5.41 Å². The van der Waals surface area contributed by atoms with Gasteiger partial charge in [0, 0.05) is 28.5 Å². The van der Waals surface area contributed by atoms with Crippen molar-refractivity contribution in [2.75, 3.05) is 0 Å². The van der Waals surface area contributed by atoms with Gasteiger partial charge in [-0.2, -0.15) is 0 Å². The quantitative estimate of drug-likeness (QED) is 0.721. The minimum atomic E-state index is -0.591. The maximum absolute atomic E-state index is 14.0. The first-order valence-electron chi connectivity index (χ1n) is 9.07. The summed E-state index contributed by atoms with van der Waals surface area (Å²) in [6.45, 7) is 5.48. The van der Waals surface area contributed by atoms with Gasteiger partial charge in [-0.25, -0.2) is 4.39 Å². The van der Waals surface area contributed by atoms with Gasteiger partial charge in [0.15, 0.2) is 0 Å². The smallest absolute Gasteiger partial charge is 0.234 e. The average molecular weight is 388 g/mol. The lowest BCUT2D eigenvalue weighted by Gasteiger charge is -2.29. The van der Waals surface area contributed by atoms with Crippen LogP contribution in [0.4, 0.5) is 4.39 Å². The van der Waals surface area contributed by atoms with Crippen LogP contribution in [0.3, 0.4) is 0 Å². The molecule has 1 atom stereocenters. The molecule has 2 amide bonds. The number of hydrogen-bond acceptors (Lipinski definition) is 2. The van der Waals surface area contributed by atoms with Crippen molar-refractivity contribution in [2.45, 2.75) is 46.1 Å². The molecule has 0 aromatic heterocycles. The van der Waals surface area contributed by atoms with Gasteiger partial charge in [0.05, 0.1) is 0 Å². The fourth-order valence-electron chi connectivity index (χ4n) is 3.39. The molecule has 0 aliphatic carbocycles. The van der Waals surface area contributed by atoms with Crippen LogP contribution < -0.4 is 0 Å². The van der Waals surface area contributed by atoms with Gasteiger partial charge in [-0.3, -0.25) is 14.5 Å². The maximum atomic E-state index is 14.0. The topological polar surface area (TPSA) is 37.4 Å². The van der Waals surface area contributed by atoms with Crippen molar-refractivity contribution in [3.8, 4) is 11.1 Å². The number of halogens is 2. The van der Waals surface area contributed by atoms with Crippen molar-refractivity contribution in [2.24, 2.45) is 5.41 Å². The molecule has 0 radical (unpaired) electrons. The van der Waals surface area contributed by atoms with Gasteiger partial charge in [-0.05, 0) is 42.2 Å². The van der Waals surface area contributed by atoms with Gasteiger partial charge >= 0.3 is 0 Å². The molecule has 142 valence electrons. The molecular formula is C22H23ClFNO2. The van der Waals surface area contributed by atoms with Crippen molar-refractivity contribution in [3.63, 3.8) is 0 Å². The second kappa shape index (κ2) is 7.43. The van der Waals surface area contributed by atoms with Crippen LogP contribution in [0.15, 0.2) is 42.5 Å². The van der Waals surface area contributed by atoms with E-state index in [1.807, 2.05) is 45.0 Å². The van der Waals surface area contributed by atoms with Crippen LogP contribution in [-0.2, 0) is 16.0 Å². The number of nitrogens with zero attached hydrogens (tertiary/aromatic N) is 1. The molecule has 1 heterocycles. The predicted molar refractivity (Wildman–Crippen MR) is 105 cm³/mol. The minimum absolute atomic E-state index is 0.0995. The Balaban J connectivity index is 1.79. The second-order valence-corrected chi connectivity index (χ2v) is 8.47.